The number of aromatic carboxylic acids is 1. The normalized spacial score (nSPS) is 21.0. The van der Waals surface area contributed by atoms with E-state index in [1.165, 1.54) is 0 Å². The molecule has 14 heavy (non-hydrogen) atoms. The Bertz CT molecular complexity index is 340. The largest absolute Gasteiger partial charge is 0.478 e. The quantitative estimate of drug-likeness (QED) is 0.781. The molecule has 1 aliphatic heterocycles. The fraction of sp³-hybridized carbons (Fsp3) is 0.364. The minimum atomic E-state index is -0.884. The zero-order chi connectivity index (χ0) is 9.97. The van der Waals surface area contributed by atoms with Crippen molar-refractivity contribution in [3.8, 4) is 0 Å². The van der Waals surface area contributed by atoms with Gasteiger partial charge >= 0.3 is 5.97 Å². The van der Waals surface area contributed by atoms with E-state index in [0.29, 0.717) is 5.56 Å². The molecule has 74 valence electrons. The van der Waals surface area contributed by atoms with Crippen molar-refractivity contribution in [1.29, 1.82) is 0 Å². The monoisotopic (exact) mass is 192 g/mol. The summed E-state index contributed by atoms with van der Waals surface area (Å²) in [6, 6.07) is 6.97. The van der Waals surface area contributed by atoms with E-state index >= 15 is 0 Å². The summed E-state index contributed by atoms with van der Waals surface area (Å²) in [4.78, 5) is 10.7. The minimum absolute atomic E-state index is 0.0919. The number of hydrogen-bond acceptors (Lipinski definition) is 2. The van der Waals surface area contributed by atoms with Gasteiger partial charge in [-0.1, -0.05) is 12.1 Å². The van der Waals surface area contributed by atoms with E-state index in [2.05, 4.69) is 0 Å². The Morgan fingerprint density at radius 3 is 3.00 bits per heavy atom. The Kier molecular flexibility index (Phi) is 2.50. The molecule has 3 heteroatoms. The van der Waals surface area contributed by atoms with E-state index in [4.69, 9.17) is 9.84 Å². The Morgan fingerprint density at radius 2 is 2.36 bits per heavy atom. The fourth-order valence-corrected chi connectivity index (χ4v) is 1.71. The number of carboxylic acids is 1. The molecular formula is C11H12O3. The van der Waals surface area contributed by atoms with Crippen LogP contribution < -0.4 is 0 Å². The topological polar surface area (TPSA) is 46.5 Å². The molecule has 1 heterocycles. The number of hydrogen-bond donors (Lipinski definition) is 1. The Balaban J connectivity index is 2.25. The van der Waals surface area contributed by atoms with Gasteiger partial charge in [0.1, 0.15) is 0 Å². The summed E-state index contributed by atoms with van der Waals surface area (Å²) in [6.45, 7) is 0.780. The molecule has 2 rings (SSSR count). The Morgan fingerprint density at radius 1 is 1.50 bits per heavy atom. The van der Waals surface area contributed by atoms with Crippen LogP contribution in [0.25, 0.3) is 0 Å². The Hall–Kier alpha value is -1.35. The maximum atomic E-state index is 10.7. The van der Waals surface area contributed by atoms with Crippen LogP contribution in [0, 0.1) is 0 Å². The van der Waals surface area contributed by atoms with E-state index in [0.717, 1.165) is 25.0 Å². The van der Waals surface area contributed by atoms with E-state index in [-0.39, 0.29) is 6.10 Å². The Labute approximate surface area is 82.3 Å². The van der Waals surface area contributed by atoms with Gasteiger partial charge in [0.05, 0.1) is 11.7 Å². The molecule has 1 fully saturated rings. The maximum Gasteiger partial charge on any atom is 0.335 e. The zero-order valence-electron chi connectivity index (χ0n) is 7.77. The molecule has 0 unspecified atom stereocenters. The lowest BCUT2D eigenvalue weighted by atomic mass is 10.0. The first-order chi connectivity index (χ1) is 6.77. The third-order valence-electron chi connectivity index (χ3n) is 2.44. The van der Waals surface area contributed by atoms with E-state index < -0.39 is 5.97 Å². The second-order valence-corrected chi connectivity index (χ2v) is 3.43. The maximum absolute atomic E-state index is 10.7. The van der Waals surface area contributed by atoms with Gasteiger partial charge in [0.2, 0.25) is 0 Å². The van der Waals surface area contributed by atoms with Gasteiger partial charge in [-0.05, 0) is 30.5 Å². The van der Waals surface area contributed by atoms with Crippen molar-refractivity contribution in [3.05, 3.63) is 35.4 Å². The summed E-state index contributed by atoms with van der Waals surface area (Å²) >= 11 is 0. The minimum Gasteiger partial charge on any atom is -0.478 e. The van der Waals surface area contributed by atoms with Crippen LogP contribution in [0.3, 0.4) is 0 Å². The average Bonchev–Trinajstić information content (AvgIpc) is 2.71. The average molecular weight is 192 g/mol. The number of carboxylic acid groups (broad SMARTS) is 1. The highest BCUT2D eigenvalue weighted by Gasteiger charge is 2.18. The standard InChI is InChI=1S/C11H12O3/c12-11(13)9-4-1-3-8(7-9)10-5-2-6-14-10/h1,3-4,7,10H,2,5-6H2,(H,12,13)/t10-/m0/s1. The molecule has 1 aliphatic rings. The van der Waals surface area contributed by atoms with Crippen LogP contribution >= 0.6 is 0 Å². The van der Waals surface area contributed by atoms with Crippen molar-refractivity contribution >= 4 is 5.97 Å². The fourth-order valence-electron chi connectivity index (χ4n) is 1.71. The zero-order valence-corrected chi connectivity index (χ0v) is 7.77. The molecule has 1 aromatic rings. The summed E-state index contributed by atoms with van der Waals surface area (Å²) < 4.78 is 5.48. The molecule has 1 N–H and O–H groups in total. The number of benzene rings is 1. The first kappa shape index (κ1) is 9.21. The first-order valence-electron chi connectivity index (χ1n) is 4.72. The van der Waals surface area contributed by atoms with E-state index in [9.17, 15) is 4.79 Å². The van der Waals surface area contributed by atoms with Crippen molar-refractivity contribution in [1.82, 2.24) is 0 Å². The smallest absolute Gasteiger partial charge is 0.335 e. The third-order valence-corrected chi connectivity index (χ3v) is 2.44. The van der Waals surface area contributed by atoms with Gasteiger partial charge in [0.25, 0.3) is 0 Å². The molecule has 3 nitrogen and oxygen atoms in total. The SMILES string of the molecule is O=C(O)c1cccc([C@@H]2CCCO2)c1. The third kappa shape index (κ3) is 1.77. The molecule has 1 atom stereocenters. The predicted molar refractivity (Wildman–Crippen MR) is 51.3 cm³/mol. The van der Waals surface area contributed by atoms with Crippen LogP contribution in [0.2, 0.25) is 0 Å². The van der Waals surface area contributed by atoms with Crippen LogP contribution in [-0.2, 0) is 4.74 Å². The molecule has 0 bridgehead atoms. The second-order valence-electron chi connectivity index (χ2n) is 3.43. The van der Waals surface area contributed by atoms with E-state index in [1.807, 2.05) is 6.07 Å². The van der Waals surface area contributed by atoms with Gasteiger partial charge < -0.3 is 9.84 Å². The van der Waals surface area contributed by atoms with Crippen molar-refractivity contribution in [2.45, 2.75) is 18.9 Å². The lowest BCUT2D eigenvalue weighted by molar-refractivity contribution is 0.0696. The lowest BCUT2D eigenvalue weighted by Crippen LogP contribution is -2.00. The number of ether oxygens (including phenoxy) is 1. The molecule has 0 radical (unpaired) electrons. The predicted octanol–water partition coefficient (Wildman–Crippen LogP) is 2.24. The van der Waals surface area contributed by atoms with Crippen molar-refractivity contribution < 1.29 is 14.6 Å². The highest BCUT2D eigenvalue weighted by atomic mass is 16.5. The molecule has 0 aromatic heterocycles. The van der Waals surface area contributed by atoms with Crippen molar-refractivity contribution in [3.63, 3.8) is 0 Å². The highest BCUT2D eigenvalue weighted by molar-refractivity contribution is 5.87. The van der Waals surface area contributed by atoms with Crippen LogP contribution in [0.15, 0.2) is 24.3 Å². The van der Waals surface area contributed by atoms with Crippen LogP contribution in [0.1, 0.15) is 34.9 Å². The summed E-state index contributed by atoms with van der Waals surface area (Å²) in [6.07, 6.45) is 2.14. The lowest BCUT2D eigenvalue weighted by Gasteiger charge is -2.09. The van der Waals surface area contributed by atoms with Gasteiger partial charge in [0, 0.05) is 6.61 Å². The first-order valence-corrected chi connectivity index (χ1v) is 4.72. The second kappa shape index (κ2) is 3.80. The molecule has 1 aromatic carbocycles. The van der Waals surface area contributed by atoms with Gasteiger partial charge in [-0.3, -0.25) is 0 Å². The molecule has 0 amide bonds. The van der Waals surface area contributed by atoms with Gasteiger partial charge in [0.15, 0.2) is 0 Å². The van der Waals surface area contributed by atoms with Crippen LogP contribution in [0.5, 0.6) is 0 Å². The molecule has 0 saturated carbocycles. The van der Waals surface area contributed by atoms with Gasteiger partial charge in [-0.15, -0.1) is 0 Å². The molecular weight excluding hydrogens is 180 g/mol. The summed E-state index contributed by atoms with van der Waals surface area (Å²) in [5.74, 6) is -0.884. The van der Waals surface area contributed by atoms with E-state index in [1.54, 1.807) is 18.2 Å². The summed E-state index contributed by atoms with van der Waals surface area (Å²) in [5, 5.41) is 8.81. The van der Waals surface area contributed by atoms with Crippen molar-refractivity contribution in [2.75, 3.05) is 6.61 Å². The van der Waals surface area contributed by atoms with Gasteiger partial charge in [-0.2, -0.15) is 0 Å². The van der Waals surface area contributed by atoms with Gasteiger partial charge in [-0.25, -0.2) is 4.79 Å². The molecule has 0 spiro atoms. The highest BCUT2D eigenvalue weighted by Crippen LogP contribution is 2.28. The number of rotatable bonds is 2. The van der Waals surface area contributed by atoms with Crippen LogP contribution in [0.4, 0.5) is 0 Å². The molecule has 1 saturated heterocycles. The molecule has 0 aliphatic carbocycles. The summed E-state index contributed by atoms with van der Waals surface area (Å²) in [5.41, 5.74) is 1.31. The van der Waals surface area contributed by atoms with Crippen LogP contribution in [-0.4, -0.2) is 17.7 Å². The number of carbonyl (C=O) groups is 1. The summed E-state index contributed by atoms with van der Waals surface area (Å²) in [7, 11) is 0. The van der Waals surface area contributed by atoms with Crippen molar-refractivity contribution in [2.24, 2.45) is 0 Å².